The summed E-state index contributed by atoms with van der Waals surface area (Å²) in [5.41, 5.74) is 4.69. The molecule has 6 rings (SSSR count). The summed E-state index contributed by atoms with van der Waals surface area (Å²) < 4.78 is 5.45. The number of hydrogen-bond acceptors (Lipinski definition) is 6. The summed E-state index contributed by atoms with van der Waals surface area (Å²) in [6.45, 7) is 9.24. The van der Waals surface area contributed by atoms with Gasteiger partial charge in [0.05, 0.1) is 23.0 Å². The predicted octanol–water partition coefficient (Wildman–Crippen LogP) is 8.33. The number of piperidine rings is 1. The van der Waals surface area contributed by atoms with Gasteiger partial charge in [-0.15, -0.1) is 0 Å². The summed E-state index contributed by atoms with van der Waals surface area (Å²) in [6.07, 6.45) is 2.61. The summed E-state index contributed by atoms with van der Waals surface area (Å²) >= 11 is 0. The van der Waals surface area contributed by atoms with Crippen LogP contribution >= 0.6 is 0 Å². The van der Waals surface area contributed by atoms with Crippen molar-refractivity contribution in [1.82, 2.24) is 9.88 Å². The van der Waals surface area contributed by atoms with Crippen LogP contribution in [0.15, 0.2) is 91.1 Å². The Labute approximate surface area is 287 Å². The number of fused-ring (bicyclic) bond motifs is 2. The Morgan fingerprint density at radius 2 is 1.63 bits per heavy atom. The van der Waals surface area contributed by atoms with Gasteiger partial charge in [0.2, 0.25) is 0 Å². The van der Waals surface area contributed by atoms with Crippen molar-refractivity contribution in [3.8, 4) is 11.1 Å². The van der Waals surface area contributed by atoms with Crippen LogP contribution in [0.4, 0.5) is 26.8 Å². The van der Waals surface area contributed by atoms with Gasteiger partial charge in [-0.05, 0) is 93.5 Å². The molecule has 3 aromatic carbocycles. The molecular formula is C39H43N5O5. The molecule has 3 amide bonds. The number of carboxylic acid groups (broad SMARTS) is 1. The van der Waals surface area contributed by atoms with Crippen molar-refractivity contribution in [3.05, 3.63) is 108 Å². The van der Waals surface area contributed by atoms with E-state index in [-0.39, 0.29) is 17.4 Å². The number of rotatable bonds is 7. The Hall–Kier alpha value is -5.38. The number of anilines is 3. The van der Waals surface area contributed by atoms with Crippen LogP contribution in [0.3, 0.4) is 0 Å². The van der Waals surface area contributed by atoms with Crippen LogP contribution in [0, 0.1) is 0 Å². The maximum atomic E-state index is 13.5. The minimum absolute atomic E-state index is 0.0835. The van der Waals surface area contributed by atoms with Crippen LogP contribution in [0.1, 0.15) is 74.5 Å². The van der Waals surface area contributed by atoms with Gasteiger partial charge in [0.15, 0.2) is 0 Å². The molecule has 1 atom stereocenters. The van der Waals surface area contributed by atoms with Gasteiger partial charge in [0, 0.05) is 31.2 Å². The number of aromatic nitrogens is 1. The lowest BCUT2D eigenvalue weighted by molar-refractivity contribution is 0.0635. The molecule has 49 heavy (non-hydrogen) atoms. The minimum atomic E-state index is -0.885. The topological polar surface area (TPSA) is 124 Å². The van der Waals surface area contributed by atoms with Crippen LogP contribution < -0.4 is 15.5 Å². The van der Waals surface area contributed by atoms with Crippen LogP contribution in [-0.4, -0.2) is 58.3 Å². The number of hydrogen-bond donors (Lipinski definition) is 3. The van der Waals surface area contributed by atoms with Crippen molar-refractivity contribution in [3.63, 3.8) is 0 Å². The number of carbonyl (C=O) groups is 3. The van der Waals surface area contributed by atoms with Gasteiger partial charge >= 0.3 is 12.2 Å². The first-order chi connectivity index (χ1) is 23.5. The van der Waals surface area contributed by atoms with E-state index in [2.05, 4.69) is 32.7 Å². The van der Waals surface area contributed by atoms with E-state index < -0.39 is 17.8 Å². The smallest absolute Gasteiger partial charge is 0.412 e. The highest BCUT2D eigenvalue weighted by atomic mass is 16.6. The lowest BCUT2D eigenvalue weighted by atomic mass is 9.73. The molecule has 2 heterocycles. The summed E-state index contributed by atoms with van der Waals surface area (Å²) in [6, 6.07) is 27.0. The number of pyridine rings is 1. The lowest BCUT2D eigenvalue weighted by Crippen LogP contribution is -2.43. The van der Waals surface area contributed by atoms with Crippen molar-refractivity contribution >= 4 is 35.3 Å². The van der Waals surface area contributed by atoms with Crippen molar-refractivity contribution in [1.29, 1.82) is 0 Å². The van der Waals surface area contributed by atoms with Gasteiger partial charge in [-0.1, -0.05) is 60.7 Å². The zero-order valence-electron chi connectivity index (χ0n) is 28.4. The molecule has 3 N–H and O–H groups in total. The number of amides is 3. The molecule has 0 saturated carbocycles. The van der Waals surface area contributed by atoms with Gasteiger partial charge in [-0.3, -0.25) is 10.1 Å². The fraction of sp³-hybridized carbons (Fsp3) is 0.333. The van der Waals surface area contributed by atoms with Crippen LogP contribution in [0.2, 0.25) is 0 Å². The van der Waals surface area contributed by atoms with Crippen LogP contribution in [0.5, 0.6) is 0 Å². The molecule has 1 unspecified atom stereocenters. The van der Waals surface area contributed by atoms with E-state index in [0.29, 0.717) is 23.5 Å². The van der Waals surface area contributed by atoms with Gasteiger partial charge in [0.25, 0.3) is 5.91 Å². The Balaban J connectivity index is 1.16. The molecule has 0 bridgehead atoms. The molecule has 1 aromatic heterocycles. The number of ether oxygens (including phenoxy) is 1. The molecule has 1 fully saturated rings. The summed E-state index contributed by atoms with van der Waals surface area (Å²) in [5.74, 6) is 0.426. The normalized spacial score (nSPS) is 16.5. The fourth-order valence-electron chi connectivity index (χ4n) is 7.15. The Morgan fingerprint density at radius 1 is 0.918 bits per heavy atom. The van der Waals surface area contributed by atoms with E-state index in [1.807, 2.05) is 67.6 Å². The third kappa shape index (κ3) is 7.23. The van der Waals surface area contributed by atoms with E-state index in [0.717, 1.165) is 54.9 Å². The number of nitrogens with one attached hydrogen (secondary N) is 2. The molecule has 2 aliphatic rings. The molecule has 254 valence electrons. The molecule has 4 aromatic rings. The summed E-state index contributed by atoms with van der Waals surface area (Å²) in [5, 5.41) is 15.6. The lowest BCUT2D eigenvalue weighted by Gasteiger charge is -2.41. The standard InChI is InChI=1S/C39H43N5O5/c1-5-44(37(47)48)33-24-39(30-14-10-9-13-29(30)33)19-21-43(22-20-39)34-18-16-28(25-40-34)35(45)41-32-23-27(26-11-7-6-8-12-26)15-17-31(32)42-36(46)49-38(2,3)4/h6-18,23,25,33H,5,19-22,24H2,1-4H3,(H,41,45)(H,42,46)(H,47,48). The van der Waals surface area contributed by atoms with E-state index in [1.165, 1.54) is 5.56 Å². The molecule has 1 spiro atoms. The zero-order valence-corrected chi connectivity index (χ0v) is 28.4. The monoisotopic (exact) mass is 661 g/mol. The van der Waals surface area contributed by atoms with Crippen molar-refractivity contribution in [2.45, 2.75) is 64.0 Å². The zero-order chi connectivity index (χ0) is 34.8. The third-order valence-electron chi connectivity index (χ3n) is 9.50. The van der Waals surface area contributed by atoms with Gasteiger partial charge in [0.1, 0.15) is 11.4 Å². The maximum Gasteiger partial charge on any atom is 0.412 e. The molecule has 10 heteroatoms. The maximum absolute atomic E-state index is 13.5. The highest BCUT2D eigenvalue weighted by molar-refractivity contribution is 6.07. The molecule has 10 nitrogen and oxygen atoms in total. The molecule has 1 aliphatic carbocycles. The predicted molar refractivity (Wildman–Crippen MR) is 191 cm³/mol. The second-order valence-corrected chi connectivity index (χ2v) is 13.8. The number of benzene rings is 3. The number of nitrogens with zero attached hydrogens (tertiary/aromatic N) is 3. The summed E-state index contributed by atoms with van der Waals surface area (Å²) in [4.78, 5) is 46.6. The molecular weight excluding hydrogens is 618 g/mol. The van der Waals surface area contributed by atoms with Gasteiger partial charge in [-0.25, -0.2) is 14.6 Å². The Kier molecular flexibility index (Phi) is 9.32. The first kappa shape index (κ1) is 33.5. The summed E-state index contributed by atoms with van der Waals surface area (Å²) in [7, 11) is 0. The Morgan fingerprint density at radius 3 is 2.29 bits per heavy atom. The van der Waals surface area contributed by atoms with Gasteiger partial charge in [-0.2, -0.15) is 0 Å². The molecule has 1 aliphatic heterocycles. The first-order valence-electron chi connectivity index (χ1n) is 16.8. The van der Waals surface area contributed by atoms with Crippen LogP contribution in [-0.2, 0) is 10.2 Å². The van der Waals surface area contributed by atoms with Crippen molar-refractivity contribution in [2.75, 3.05) is 35.2 Å². The minimum Gasteiger partial charge on any atom is -0.465 e. The van der Waals surface area contributed by atoms with E-state index in [9.17, 15) is 19.5 Å². The average Bonchev–Trinajstić information content (AvgIpc) is 3.38. The second kappa shape index (κ2) is 13.6. The van der Waals surface area contributed by atoms with E-state index in [1.54, 1.807) is 44.0 Å². The molecule has 1 saturated heterocycles. The van der Waals surface area contributed by atoms with E-state index in [4.69, 9.17) is 4.74 Å². The average molecular weight is 662 g/mol. The van der Waals surface area contributed by atoms with Gasteiger partial charge < -0.3 is 25.0 Å². The second-order valence-electron chi connectivity index (χ2n) is 13.8. The Bertz CT molecular complexity index is 1830. The highest BCUT2D eigenvalue weighted by Crippen LogP contribution is 2.53. The quantitative estimate of drug-likeness (QED) is 0.182. The molecule has 0 radical (unpaired) electrons. The van der Waals surface area contributed by atoms with Crippen LogP contribution in [0.25, 0.3) is 11.1 Å². The first-order valence-corrected chi connectivity index (χ1v) is 16.8. The SMILES string of the molecule is CCN(C(=O)O)C1CC2(CCN(c3ccc(C(=O)Nc4cc(-c5ccccc5)ccc4NC(=O)OC(C)(C)C)cn3)CC2)c2ccccc21. The van der Waals surface area contributed by atoms with Crippen molar-refractivity contribution < 1.29 is 24.2 Å². The van der Waals surface area contributed by atoms with E-state index >= 15 is 0 Å². The largest absolute Gasteiger partial charge is 0.465 e. The highest BCUT2D eigenvalue weighted by Gasteiger charge is 2.47. The number of carbonyl (C=O) groups excluding carboxylic acids is 2. The third-order valence-corrected chi connectivity index (χ3v) is 9.50. The van der Waals surface area contributed by atoms with Crippen molar-refractivity contribution in [2.24, 2.45) is 0 Å². The fourth-order valence-corrected chi connectivity index (χ4v) is 7.15.